The summed E-state index contributed by atoms with van der Waals surface area (Å²) >= 11 is 0. The molecule has 0 spiro atoms. The van der Waals surface area contributed by atoms with Crippen LogP contribution in [0.3, 0.4) is 0 Å². The van der Waals surface area contributed by atoms with Crippen LogP contribution in [0.4, 0.5) is 5.69 Å². The third kappa shape index (κ3) is 6.59. The molecule has 0 aliphatic rings. The minimum atomic E-state index is -0.736. The van der Waals surface area contributed by atoms with Crippen LogP contribution in [0.15, 0.2) is 65.1 Å². The van der Waals surface area contributed by atoms with E-state index in [1.54, 1.807) is 45.9 Å². The van der Waals surface area contributed by atoms with Crippen molar-refractivity contribution in [2.45, 2.75) is 52.9 Å². The van der Waals surface area contributed by atoms with E-state index in [0.29, 0.717) is 46.7 Å². The molecule has 0 saturated carbocycles. The predicted molar refractivity (Wildman–Crippen MR) is 150 cm³/mol. The van der Waals surface area contributed by atoms with Crippen molar-refractivity contribution in [1.82, 2.24) is 0 Å². The third-order valence-electron chi connectivity index (χ3n) is 5.99. The number of nitrogen functional groups attached to an aromatic ring is 1. The van der Waals surface area contributed by atoms with Crippen LogP contribution >= 0.6 is 0 Å². The van der Waals surface area contributed by atoms with Crippen molar-refractivity contribution in [3.8, 4) is 16.9 Å². The highest BCUT2D eigenvalue weighted by atomic mass is 16.6. The fourth-order valence-electron chi connectivity index (χ4n) is 4.26. The second-order valence-electron chi connectivity index (χ2n) is 10.1. The zero-order valence-corrected chi connectivity index (χ0v) is 22.7. The lowest BCUT2D eigenvalue weighted by molar-refractivity contribution is -0.142. The summed E-state index contributed by atoms with van der Waals surface area (Å²) in [4.78, 5) is 25.3. The van der Waals surface area contributed by atoms with Gasteiger partial charge in [0.25, 0.3) is 0 Å². The number of ether oxygens (including phenoxy) is 3. The lowest BCUT2D eigenvalue weighted by atomic mass is 9.99. The van der Waals surface area contributed by atoms with Crippen molar-refractivity contribution in [2.24, 2.45) is 5.73 Å². The van der Waals surface area contributed by atoms with Gasteiger partial charge in [-0.3, -0.25) is 4.79 Å². The van der Waals surface area contributed by atoms with Crippen LogP contribution in [0.1, 0.15) is 54.9 Å². The summed E-state index contributed by atoms with van der Waals surface area (Å²) in [5.74, 6) is -0.464. The number of carbonyl (C=O) groups excluding carboxylic acids is 2. The quantitative estimate of drug-likeness (QED) is 0.206. The SMILES string of the molecule is CCOC(=O)Cc1ccccc1OCc1c(C(=O)OC(C)(C)C)oc2c(N)cc(-c3cccc(CN)c3)cc12. The van der Waals surface area contributed by atoms with Crippen molar-refractivity contribution in [3.05, 3.63) is 83.1 Å². The van der Waals surface area contributed by atoms with Crippen LogP contribution in [0, 0.1) is 0 Å². The van der Waals surface area contributed by atoms with Gasteiger partial charge in [-0.25, -0.2) is 4.79 Å². The number of para-hydroxylation sites is 1. The van der Waals surface area contributed by atoms with E-state index in [0.717, 1.165) is 16.7 Å². The number of hydrogen-bond acceptors (Lipinski definition) is 8. The van der Waals surface area contributed by atoms with Crippen molar-refractivity contribution in [1.29, 1.82) is 0 Å². The molecule has 0 fully saturated rings. The summed E-state index contributed by atoms with van der Waals surface area (Å²) < 4.78 is 22.9. The van der Waals surface area contributed by atoms with Crippen molar-refractivity contribution >= 4 is 28.6 Å². The summed E-state index contributed by atoms with van der Waals surface area (Å²) in [7, 11) is 0. The summed E-state index contributed by atoms with van der Waals surface area (Å²) in [6, 6.07) is 18.8. The number of nitrogens with two attached hydrogens (primary N) is 2. The minimum absolute atomic E-state index is 0.0161. The smallest absolute Gasteiger partial charge is 0.375 e. The first-order valence-electron chi connectivity index (χ1n) is 12.8. The Kier molecular flexibility index (Phi) is 8.26. The van der Waals surface area contributed by atoms with E-state index in [1.807, 2.05) is 42.5 Å². The monoisotopic (exact) mass is 530 g/mol. The van der Waals surface area contributed by atoms with Gasteiger partial charge in [-0.15, -0.1) is 0 Å². The molecule has 1 aromatic heterocycles. The first kappa shape index (κ1) is 27.7. The summed E-state index contributed by atoms with van der Waals surface area (Å²) in [5.41, 5.74) is 16.2. The van der Waals surface area contributed by atoms with Crippen molar-refractivity contribution in [2.75, 3.05) is 12.3 Å². The lowest BCUT2D eigenvalue weighted by Crippen LogP contribution is -2.24. The van der Waals surface area contributed by atoms with Crippen molar-refractivity contribution < 1.29 is 28.2 Å². The fraction of sp³-hybridized carbons (Fsp3) is 0.290. The zero-order valence-electron chi connectivity index (χ0n) is 22.7. The number of anilines is 1. The molecule has 4 rings (SSSR count). The van der Waals surface area contributed by atoms with Gasteiger partial charge in [-0.2, -0.15) is 0 Å². The molecule has 4 N–H and O–H groups in total. The molecule has 0 aliphatic carbocycles. The highest BCUT2D eigenvalue weighted by Gasteiger charge is 2.28. The van der Waals surface area contributed by atoms with E-state index in [4.69, 9.17) is 30.1 Å². The Hall–Kier alpha value is -4.30. The second kappa shape index (κ2) is 11.6. The molecule has 39 heavy (non-hydrogen) atoms. The zero-order chi connectivity index (χ0) is 28.2. The Balaban J connectivity index is 1.78. The molecule has 0 amide bonds. The largest absolute Gasteiger partial charge is 0.488 e. The number of benzene rings is 3. The highest BCUT2D eigenvalue weighted by Crippen LogP contribution is 2.37. The molecule has 3 aromatic carbocycles. The molecule has 0 unspecified atom stereocenters. The first-order valence-corrected chi connectivity index (χ1v) is 12.8. The van der Waals surface area contributed by atoms with E-state index in [2.05, 4.69) is 0 Å². The van der Waals surface area contributed by atoms with E-state index in [9.17, 15) is 9.59 Å². The molecule has 4 aromatic rings. The van der Waals surface area contributed by atoms with Gasteiger partial charge < -0.3 is 30.1 Å². The Bertz CT molecular complexity index is 1500. The van der Waals surface area contributed by atoms with Crippen LogP contribution < -0.4 is 16.2 Å². The molecule has 0 saturated heterocycles. The van der Waals surface area contributed by atoms with Gasteiger partial charge >= 0.3 is 11.9 Å². The standard InChI is InChI=1S/C31H34N2O6/c1-5-36-27(34)16-21-10-6-7-12-26(21)37-18-24-23-14-22(20-11-8-9-19(13-20)17-32)15-25(33)28(23)38-29(24)30(35)39-31(2,3)4/h6-15H,5,16-18,32-33H2,1-4H3. The van der Waals surface area contributed by atoms with Gasteiger partial charge in [0.15, 0.2) is 5.58 Å². The maximum absolute atomic E-state index is 13.2. The van der Waals surface area contributed by atoms with Crippen LogP contribution in [0.5, 0.6) is 5.75 Å². The molecule has 1 heterocycles. The lowest BCUT2D eigenvalue weighted by Gasteiger charge is -2.19. The summed E-state index contributed by atoms with van der Waals surface area (Å²) in [6.07, 6.45) is 0.0592. The van der Waals surface area contributed by atoms with Crippen LogP contribution in [0.25, 0.3) is 22.1 Å². The second-order valence-corrected chi connectivity index (χ2v) is 10.1. The molecular weight excluding hydrogens is 496 g/mol. The Morgan fingerprint density at radius 3 is 2.46 bits per heavy atom. The number of fused-ring (bicyclic) bond motifs is 1. The Labute approximate surface area is 227 Å². The molecule has 0 aliphatic heterocycles. The number of furan rings is 1. The van der Waals surface area contributed by atoms with E-state index < -0.39 is 11.6 Å². The summed E-state index contributed by atoms with van der Waals surface area (Å²) in [6.45, 7) is 7.79. The van der Waals surface area contributed by atoms with Crippen LogP contribution in [-0.4, -0.2) is 24.1 Å². The Morgan fingerprint density at radius 2 is 1.74 bits per heavy atom. The fourth-order valence-corrected chi connectivity index (χ4v) is 4.26. The van der Waals surface area contributed by atoms with Gasteiger partial charge in [0.05, 0.1) is 24.3 Å². The average Bonchev–Trinajstić information content (AvgIpc) is 3.26. The van der Waals surface area contributed by atoms with E-state index in [-0.39, 0.29) is 24.8 Å². The van der Waals surface area contributed by atoms with Crippen LogP contribution in [0.2, 0.25) is 0 Å². The topological polar surface area (TPSA) is 127 Å². The Morgan fingerprint density at radius 1 is 0.974 bits per heavy atom. The molecule has 0 atom stereocenters. The molecule has 8 heteroatoms. The third-order valence-corrected chi connectivity index (χ3v) is 5.99. The van der Waals surface area contributed by atoms with Crippen molar-refractivity contribution in [3.63, 3.8) is 0 Å². The van der Waals surface area contributed by atoms with Crippen LogP contribution in [-0.2, 0) is 33.8 Å². The van der Waals surface area contributed by atoms with E-state index in [1.165, 1.54) is 0 Å². The van der Waals surface area contributed by atoms with Gasteiger partial charge in [-0.05, 0) is 68.7 Å². The first-order chi connectivity index (χ1) is 18.6. The van der Waals surface area contributed by atoms with Gasteiger partial charge in [-0.1, -0.05) is 36.4 Å². The number of carbonyl (C=O) groups is 2. The van der Waals surface area contributed by atoms with Gasteiger partial charge in [0.1, 0.15) is 18.0 Å². The average molecular weight is 531 g/mol. The minimum Gasteiger partial charge on any atom is -0.488 e. The van der Waals surface area contributed by atoms with E-state index >= 15 is 0 Å². The molecular formula is C31H34N2O6. The summed E-state index contributed by atoms with van der Waals surface area (Å²) in [5, 5.41) is 0.631. The molecule has 204 valence electrons. The maximum Gasteiger partial charge on any atom is 0.375 e. The molecule has 0 bridgehead atoms. The maximum atomic E-state index is 13.2. The number of hydrogen-bond donors (Lipinski definition) is 2. The molecule has 0 radical (unpaired) electrons. The predicted octanol–water partition coefficient (Wildman–Crippen LogP) is 5.78. The molecule has 8 nitrogen and oxygen atoms in total. The normalized spacial score (nSPS) is 11.4. The van der Waals surface area contributed by atoms with Gasteiger partial charge in [0.2, 0.25) is 5.76 Å². The number of rotatable bonds is 9. The number of esters is 2. The highest BCUT2D eigenvalue weighted by molar-refractivity contribution is 6.01. The van der Waals surface area contributed by atoms with Gasteiger partial charge in [0, 0.05) is 17.5 Å².